The summed E-state index contributed by atoms with van der Waals surface area (Å²) in [4.78, 5) is 28.3. The van der Waals surface area contributed by atoms with Crippen molar-refractivity contribution in [3.05, 3.63) is 69.7 Å². The number of fused-ring (bicyclic) bond motifs is 1. The number of hydrogen-bond donors (Lipinski definition) is 0. The molecule has 25 heavy (non-hydrogen) atoms. The van der Waals surface area contributed by atoms with Gasteiger partial charge in [0.1, 0.15) is 5.82 Å². The SMILES string of the molecule is O=C(Cc1nc2ccccc2c(=O)n1-c1ccccc1Cl)C(F)(F)F. The van der Waals surface area contributed by atoms with Crippen LogP contribution >= 0.6 is 11.6 Å². The predicted molar refractivity (Wildman–Crippen MR) is 87.1 cm³/mol. The topological polar surface area (TPSA) is 52.0 Å². The Morgan fingerprint density at radius 3 is 2.40 bits per heavy atom. The molecule has 3 aromatic rings. The Morgan fingerprint density at radius 2 is 1.72 bits per heavy atom. The molecule has 3 rings (SSSR count). The average Bonchev–Trinajstić information content (AvgIpc) is 2.55. The Hall–Kier alpha value is -2.67. The van der Waals surface area contributed by atoms with E-state index in [1.165, 1.54) is 24.3 Å². The zero-order valence-corrected chi connectivity index (χ0v) is 13.3. The fourth-order valence-corrected chi connectivity index (χ4v) is 2.64. The Bertz CT molecular complexity index is 1030. The van der Waals surface area contributed by atoms with Crippen molar-refractivity contribution in [2.75, 3.05) is 0 Å². The van der Waals surface area contributed by atoms with Gasteiger partial charge in [0.05, 0.1) is 28.0 Å². The number of aromatic nitrogens is 2. The summed E-state index contributed by atoms with van der Waals surface area (Å²) in [6.07, 6.45) is -6.08. The second-order valence-corrected chi connectivity index (χ2v) is 5.64. The number of rotatable bonds is 3. The first-order valence-electron chi connectivity index (χ1n) is 7.14. The number of hydrogen-bond acceptors (Lipinski definition) is 3. The summed E-state index contributed by atoms with van der Waals surface area (Å²) in [7, 11) is 0. The third-order valence-electron chi connectivity index (χ3n) is 3.57. The molecule has 0 unspecified atom stereocenters. The number of Topliss-reactive ketones (excluding diaryl/α,β-unsaturated/α-hetero) is 1. The van der Waals surface area contributed by atoms with Crippen molar-refractivity contribution in [2.24, 2.45) is 0 Å². The Kier molecular flexibility index (Phi) is 4.34. The lowest BCUT2D eigenvalue weighted by Crippen LogP contribution is -2.30. The van der Waals surface area contributed by atoms with E-state index >= 15 is 0 Å². The van der Waals surface area contributed by atoms with Gasteiger partial charge in [-0.05, 0) is 24.3 Å². The van der Waals surface area contributed by atoms with E-state index < -0.39 is 23.9 Å². The number of carbonyl (C=O) groups is 1. The molecule has 0 aliphatic carbocycles. The average molecular weight is 367 g/mol. The zero-order chi connectivity index (χ0) is 18.2. The van der Waals surface area contributed by atoms with E-state index in [4.69, 9.17) is 11.6 Å². The molecule has 0 aliphatic heterocycles. The van der Waals surface area contributed by atoms with Gasteiger partial charge in [0.15, 0.2) is 0 Å². The van der Waals surface area contributed by atoms with Crippen molar-refractivity contribution in [3.8, 4) is 5.69 Å². The van der Waals surface area contributed by atoms with Crippen LogP contribution in [0.1, 0.15) is 5.82 Å². The molecule has 0 atom stereocenters. The number of carbonyl (C=O) groups excluding carboxylic acids is 1. The second-order valence-electron chi connectivity index (χ2n) is 5.23. The highest BCUT2D eigenvalue weighted by atomic mass is 35.5. The molecule has 0 amide bonds. The minimum atomic E-state index is -5.02. The van der Waals surface area contributed by atoms with Crippen LogP contribution in [0.2, 0.25) is 5.02 Å². The molecule has 0 radical (unpaired) electrons. The number of halogens is 4. The van der Waals surface area contributed by atoms with Gasteiger partial charge in [-0.25, -0.2) is 4.98 Å². The molecule has 0 fully saturated rings. The summed E-state index contributed by atoms with van der Waals surface area (Å²) in [5.41, 5.74) is -0.221. The third kappa shape index (κ3) is 3.28. The molecule has 1 aromatic heterocycles. The Labute approximate surface area is 144 Å². The van der Waals surface area contributed by atoms with E-state index in [0.29, 0.717) is 0 Å². The van der Waals surface area contributed by atoms with E-state index in [1.54, 1.807) is 24.3 Å². The maximum absolute atomic E-state index is 12.8. The normalized spacial score (nSPS) is 11.7. The Balaban J connectivity index is 2.31. The van der Waals surface area contributed by atoms with E-state index in [1.807, 2.05) is 0 Å². The van der Waals surface area contributed by atoms with E-state index in [0.717, 1.165) is 4.57 Å². The van der Waals surface area contributed by atoms with Crippen molar-refractivity contribution in [2.45, 2.75) is 12.6 Å². The largest absolute Gasteiger partial charge is 0.450 e. The zero-order valence-electron chi connectivity index (χ0n) is 12.5. The van der Waals surface area contributed by atoms with E-state index in [2.05, 4.69) is 4.98 Å². The highest BCUT2D eigenvalue weighted by Crippen LogP contribution is 2.23. The first kappa shape index (κ1) is 17.2. The van der Waals surface area contributed by atoms with Gasteiger partial charge in [0.2, 0.25) is 5.78 Å². The molecule has 8 heteroatoms. The lowest BCUT2D eigenvalue weighted by atomic mass is 10.2. The van der Waals surface area contributed by atoms with Crippen LogP contribution in [-0.4, -0.2) is 21.5 Å². The number of benzene rings is 2. The standard InChI is InChI=1S/C17H10ClF3N2O2/c18-11-6-2-4-8-13(11)23-15(9-14(24)17(19,20)21)22-12-7-3-1-5-10(12)16(23)25/h1-8H,9H2. The van der Waals surface area contributed by atoms with Crippen molar-refractivity contribution in [3.63, 3.8) is 0 Å². The molecule has 2 aromatic carbocycles. The monoisotopic (exact) mass is 366 g/mol. The van der Waals surface area contributed by atoms with Crippen molar-refractivity contribution < 1.29 is 18.0 Å². The van der Waals surface area contributed by atoms with Crippen LogP contribution in [0.15, 0.2) is 53.3 Å². The van der Waals surface area contributed by atoms with Gasteiger partial charge in [0, 0.05) is 0 Å². The maximum atomic E-state index is 12.8. The fraction of sp³-hybridized carbons (Fsp3) is 0.118. The van der Waals surface area contributed by atoms with Gasteiger partial charge >= 0.3 is 6.18 Å². The number of ketones is 1. The van der Waals surface area contributed by atoms with Crippen molar-refractivity contribution in [1.29, 1.82) is 0 Å². The molecule has 0 bridgehead atoms. The van der Waals surface area contributed by atoms with Crippen LogP contribution in [0.5, 0.6) is 0 Å². The molecular formula is C17H10ClF3N2O2. The lowest BCUT2D eigenvalue weighted by Gasteiger charge is -2.15. The highest BCUT2D eigenvalue weighted by Gasteiger charge is 2.39. The quantitative estimate of drug-likeness (QED) is 0.710. The van der Waals surface area contributed by atoms with Gasteiger partial charge in [-0.3, -0.25) is 14.2 Å². The minimum Gasteiger partial charge on any atom is -0.289 e. The fourth-order valence-electron chi connectivity index (χ4n) is 2.42. The van der Waals surface area contributed by atoms with Gasteiger partial charge in [-0.2, -0.15) is 13.2 Å². The van der Waals surface area contributed by atoms with Gasteiger partial charge in [-0.15, -0.1) is 0 Å². The molecule has 128 valence electrons. The predicted octanol–water partition coefficient (Wildman–Crippen LogP) is 3.71. The highest BCUT2D eigenvalue weighted by molar-refractivity contribution is 6.32. The summed E-state index contributed by atoms with van der Waals surface area (Å²) in [5, 5.41) is 0.369. The lowest BCUT2D eigenvalue weighted by molar-refractivity contribution is -0.170. The van der Waals surface area contributed by atoms with Gasteiger partial charge < -0.3 is 0 Å². The summed E-state index contributed by atoms with van der Waals surface area (Å²) < 4.78 is 39.0. The van der Waals surface area contributed by atoms with Crippen molar-refractivity contribution in [1.82, 2.24) is 9.55 Å². The van der Waals surface area contributed by atoms with Crippen LogP contribution < -0.4 is 5.56 Å². The first-order chi connectivity index (χ1) is 11.8. The summed E-state index contributed by atoms with van der Waals surface area (Å²) in [6.45, 7) is 0. The van der Waals surface area contributed by atoms with Gasteiger partial charge in [-0.1, -0.05) is 35.9 Å². The molecule has 0 aliphatic rings. The molecular weight excluding hydrogens is 357 g/mol. The Morgan fingerprint density at radius 1 is 1.08 bits per heavy atom. The van der Waals surface area contributed by atoms with Crippen LogP contribution in [0.4, 0.5) is 13.2 Å². The molecule has 0 N–H and O–H groups in total. The summed E-state index contributed by atoms with van der Waals surface area (Å²) in [6, 6.07) is 12.4. The van der Waals surface area contributed by atoms with Crippen LogP contribution in [0.3, 0.4) is 0 Å². The second kappa shape index (κ2) is 6.33. The minimum absolute atomic E-state index is 0.155. The van der Waals surface area contributed by atoms with Crippen LogP contribution in [0.25, 0.3) is 16.6 Å². The summed E-state index contributed by atoms with van der Waals surface area (Å²) >= 11 is 6.09. The first-order valence-corrected chi connectivity index (χ1v) is 7.52. The number of para-hydroxylation sites is 2. The van der Waals surface area contributed by atoms with Crippen LogP contribution in [0, 0.1) is 0 Å². The molecule has 4 nitrogen and oxygen atoms in total. The molecule has 0 saturated heterocycles. The molecule has 1 heterocycles. The third-order valence-corrected chi connectivity index (χ3v) is 3.89. The summed E-state index contributed by atoms with van der Waals surface area (Å²) in [5.74, 6) is -2.31. The van der Waals surface area contributed by atoms with E-state index in [9.17, 15) is 22.8 Å². The number of alkyl halides is 3. The van der Waals surface area contributed by atoms with E-state index in [-0.39, 0.29) is 27.4 Å². The molecule has 0 spiro atoms. The smallest absolute Gasteiger partial charge is 0.289 e. The number of nitrogens with zero attached hydrogens (tertiary/aromatic N) is 2. The van der Waals surface area contributed by atoms with Crippen molar-refractivity contribution >= 4 is 28.3 Å². The van der Waals surface area contributed by atoms with Gasteiger partial charge in [0.25, 0.3) is 5.56 Å². The maximum Gasteiger partial charge on any atom is 0.450 e. The molecule has 0 saturated carbocycles. The van der Waals surface area contributed by atoms with Crippen LogP contribution in [-0.2, 0) is 11.2 Å².